The summed E-state index contributed by atoms with van der Waals surface area (Å²) in [5, 5.41) is 11.1. The zero-order valence-electron chi connectivity index (χ0n) is 11.0. The Morgan fingerprint density at radius 2 is 2.22 bits per heavy atom. The van der Waals surface area contributed by atoms with Crippen LogP contribution in [0.15, 0.2) is 6.33 Å². The van der Waals surface area contributed by atoms with Crippen LogP contribution in [0.4, 0.5) is 4.79 Å². The maximum absolute atomic E-state index is 12.0. The van der Waals surface area contributed by atoms with Crippen LogP contribution in [-0.2, 0) is 4.74 Å². The Labute approximate surface area is 106 Å². The number of ether oxygens (including phenoxy) is 1. The summed E-state index contributed by atoms with van der Waals surface area (Å²) in [6, 6.07) is 0.140. The molecular weight excluding hydrogens is 234 g/mol. The lowest BCUT2D eigenvalue weighted by Gasteiger charge is -2.33. The summed E-state index contributed by atoms with van der Waals surface area (Å²) in [6.45, 7) is 6.93. The minimum atomic E-state index is -0.459. The molecule has 0 radical (unpaired) electrons. The first-order valence-corrected chi connectivity index (χ1v) is 6.16. The van der Waals surface area contributed by atoms with Gasteiger partial charge in [0.25, 0.3) is 0 Å². The van der Waals surface area contributed by atoms with E-state index in [-0.39, 0.29) is 12.1 Å². The van der Waals surface area contributed by atoms with Crippen LogP contribution < -0.4 is 0 Å². The SMILES string of the molecule is CC(C)(C)OC(=O)N1CCCC(n2cnnn2)C1. The van der Waals surface area contributed by atoms with E-state index < -0.39 is 5.60 Å². The average Bonchev–Trinajstić information content (AvgIpc) is 2.80. The van der Waals surface area contributed by atoms with Crippen molar-refractivity contribution in [1.29, 1.82) is 0 Å². The van der Waals surface area contributed by atoms with Gasteiger partial charge >= 0.3 is 6.09 Å². The topological polar surface area (TPSA) is 73.1 Å². The van der Waals surface area contributed by atoms with Crippen molar-refractivity contribution < 1.29 is 9.53 Å². The van der Waals surface area contributed by atoms with Gasteiger partial charge < -0.3 is 9.64 Å². The van der Waals surface area contributed by atoms with Gasteiger partial charge in [-0.15, -0.1) is 5.10 Å². The Morgan fingerprint density at radius 3 is 2.83 bits per heavy atom. The molecule has 0 N–H and O–H groups in total. The van der Waals surface area contributed by atoms with Gasteiger partial charge in [-0.3, -0.25) is 0 Å². The van der Waals surface area contributed by atoms with E-state index in [1.165, 1.54) is 0 Å². The minimum Gasteiger partial charge on any atom is -0.444 e. The quantitative estimate of drug-likeness (QED) is 0.753. The van der Waals surface area contributed by atoms with Crippen LogP contribution in [0.3, 0.4) is 0 Å². The van der Waals surface area contributed by atoms with Crippen LogP contribution in [0.5, 0.6) is 0 Å². The van der Waals surface area contributed by atoms with Gasteiger partial charge in [0.1, 0.15) is 11.9 Å². The first-order chi connectivity index (χ1) is 8.46. The molecule has 2 rings (SSSR count). The van der Waals surface area contributed by atoms with Crippen LogP contribution in [0, 0.1) is 0 Å². The third kappa shape index (κ3) is 3.18. The van der Waals surface area contributed by atoms with Gasteiger partial charge in [-0.05, 0) is 44.0 Å². The third-order valence-corrected chi connectivity index (χ3v) is 2.79. The van der Waals surface area contributed by atoms with Gasteiger partial charge in [-0.2, -0.15) is 0 Å². The summed E-state index contributed by atoms with van der Waals surface area (Å²) in [6.07, 6.45) is 3.23. The molecule has 1 unspecified atom stereocenters. The van der Waals surface area contributed by atoms with E-state index in [1.807, 2.05) is 20.8 Å². The first kappa shape index (κ1) is 12.8. The molecule has 18 heavy (non-hydrogen) atoms. The molecule has 1 aliphatic heterocycles. The highest BCUT2D eigenvalue weighted by atomic mass is 16.6. The average molecular weight is 253 g/mol. The van der Waals surface area contributed by atoms with Crippen molar-refractivity contribution in [3.8, 4) is 0 Å². The van der Waals surface area contributed by atoms with E-state index in [2.05, 4.69) is 15.5 Å². The highest BCUT2D eigenvalue weighted by Gasteiger charge is 2.28. The molecule has 0 aliphatic carbocycles. The first-order valence-electron chi connectivity index (χ1n) is 6.16. The molecule has 0 saturated carbocycles. The number of aromatic nitrogens is 4. The van der Waals surface area contributed by atoms with E-state index >= 15 is 0 Å². The van der Waals surface area contributed by atoms with E-state index in [4.69, 9.17) is 4.74 Å². The zero-order chi connectivity index (χ0) is 13.2. The van der Waals surface area contributed by atoms with Crippen molar-refractivity contribution in [2.75, 3.05) is 13.1 Å². The lowest BCUT2D eigenvalue weighted by atomic mass is 10.1. The van der Waals surface area contributed by atoms with Crippen molar-refractivity contribution in [3.63, 3.8) is 0 Å². The van der Waals surface area contributed by atoms with Gasteiger partial charge in [0.15, 0.2) is 0 Å². The van der Waals surface area contributed by atoms with Crippen LogP contribution in [0.25, 0.3) is 0 Å². The summed E-state index contributed by atoms with van der Waals surface area (Å²) >= 11 is 0. The number of tetrazole rings is 1. The molecule has 1 aromatic rings. The molecule has 1 amide bonds. The number of carbonyl (C=O) groups excluding carboxylic acids is 1. The van der Waals surface area contributed by atoms with Crippen LogP contribution in [0.2, 0.25) is 0 Å². The van der Waals surface area contributed by atoms with Crippen molar-refractivity contribution in [3.05, 3.63) is 6.33 Å². The van der Waals surface area contributed by atoms with E-state index in [0.29, 0.717) is 6.54 Å². The van der Waals surface area contributed by atoms with Gasteiger partial charge in [0.05, 0.1) is 6.04 Å². The second-order valence-corrected chi connectivity index (χ2v) is 5.51. The van der Waals surface area contributed by atoms with Crippen molar-refractivity contribution >= 4 is 6.09 Å². The Morgan fingerprint density at radius 1 is 1.44 bits per heavy atom. The number of hydrogen-bond acceptors (Lipinski definition) is 5. The third-order valence-electron chi connectivity index (χ3n) is 2.79. The van der Waals surface area contributed by atoms with E-state index in [0.717, 1.165) is 19.4 Å². The lowest BCUT2D eigenvalue weighted by molar-refractivity contribution is 0.0166. The standard InChI is InChI=1S/C11H19N5O2/c1-11(2,3)18-10(17)15-6-4-5-9(7-15)16-8-12-13-14-16/h8-9H,4-7H2,1-3H3. The molecule has 1 atom stereocenters. The Balaban J connectivity index is 1.96. The molecule has 0 spiro atoms. The highest BCUT2D eigenvalue weighted by Crippen LogP contribution is 2.21. The Bertz CT molecular complexity index is 398. The number of piperidine rings is 1. The number of nitrogens with zero attached hydrogens (tertiary/aromatic N) is 5. The lowest BCUT2D eigenvalue weighted by Crippen LogP contribution is -2.43. The molecule has 0 bridgehead atoms. The number of carbonyl (C=O) groups is 1. The number of rotatable bonds is 1. The molecule has 1 aliphatic rings. The number of hydrogen-bond donors (Lipinski definition) is 0. The molecular formula is C11H19N5O2. The monoisotopic (exact) mass is 253 g/mol. The summed E-state index contributed by atoms with van der Waals surface area (Å²) in [5.74, 6) is 0. The van der Waals surface area contributed by atoms with Crippen LogP contribution in [0.1, 0.15) is 39.7 Å². The largest absolute Gasteiger partial charge is 0.444 e. The molecule has 7 nitrogen and oxygen atoms in total. The highest BCUT2D eigenvalue weighted by molar-refractivity contribution is 5.68. The minimum absolute atomic E-state index is 0.140. The van der Waals surface area contributed by atoms with Gasteiger partial charge in [0.2, 0.25) is 0 Å². The van der Waals surface area contributed by atoms with Gasteiger partial charge in [-0.1, -0.05) is 0 Å². The summed E-state index contributed by atoms with van der Waals surface area (Å²) < 4.78 is 7.07. The fourth-order valence-corrected chi connectivity index (χ4v) is 2.00. The fraction of sp³-hybridized carbons (Fsp3) is 0.818. The predicted molar refractivity (Wildman–Crippen MR) is 63.9 cm³/mol. The molecule has 1 fully saturated rings. The predicted octanol–water partition coefficient (Wildman–Crippen LogP) is 1.25. The maximum Gasteiger partial charge on any atom is 0.410 e. The van der Waals surface area contributed by atoms with Crippen molar-refractivity contribution in [1.82, 2.24) is 25.1 Å². The maximum atomic E-state index is 12.0. The second kappa shape index (κ2) is 4.91. The molecule has 0 aromatic carbocycles. The Hall–Kier alpha value is -1.66. The fourth-order valence-electron chi connectivity index (χ4n) is 2.00. The summed E-state index contributed by atoms with van der Waals surface area (Å²) in [4.78, 5) is 13.7. The second-order valence-electron chi connectivity index (χ2n) is 5.51. The van der Waals surface area contributed by atoms with Gasteiger partial charge in [0, 0.05) is 13.1 Å². The van der Waals surface area contributed by atoms with E-state index in [9.17, 15) is 4.79 Å². The smallest absolute Gasteiger partial charge is 0.410 e. The Kier molecular flexibility index (Phi) is 3.49. The molecule has 1 saturated heterocycles. The normalized spacial score (nSPS) is 20.8. The van der Waals surface area contributed by atoms with Crippen molar-refractivity contribution in [2.24, 2.45) is 0 Å². The molecule has 2 heterocycles. The van der Waals surface area contributed by atoms with Crippen LogP contribution in [-0.4, -0.2) is 49.9 Å². The summed E-state index contributed by atoms with van der Waals surface area (Å²) in [5.41, 5.74) is -0.459. The van der Waals surface area contributed by atoms with Crippen LogP contribution >= 0.6 is 0 Å². The zero-order valence-corrected chi connectivity index (χ0v) is 11.0. The van der Waals surface area contributed by atoms with E-state index in [1.54, 1.807) is 15.9 Å². The summed E-state index contributed by atoms with van der Waals surface area (Å²) in [7, 11) is 0. The number of likely N-dealkylation sites (tertiary alicyclic amines) is 1. The molecule has 1 aromatic heterocycles. The molecule has 100 valence electrons. The van der Waals surface area contributed by atoms with Gasteiger partial charge in [-0.25, -0.2) is 9.48 Å². The number of amides is 1. The van der Waals surface area contributed by atoms with Crippen molar-refractivity contribution in [2.45, 2.75) is 45.3 Å². The molecule has 7 heteroatoms.